The van der Waals surface area contributed by atoms with Crippen LogP contribution in [0.15, 0.2) is 36.4 Å². The first-order valence-corrected chi connectivity index (χ1v) is 9.79. The average Bonchev–Trinajstić information content (AvgIpc) is 2.65. The number of ether oxygens (including phenoxy) is 2. The van der Waals surface area contributed by atoms with Crippen LogP contribution in [0.1, 0.15) is 25.0 Å². The topological polar surface area (TPSA) is 62.8 Å². The molecule has 7 heteroatoms. The van der Waals surface area contributed by atoms with Gasteiger partial charge in [-0.25, -0.2) is 4.39 Å². The summed E-state index contributed by atoms with van der Waals surface area (Å²) in [6, 6.07) is 9.90. The van der Waals surface area contributed by atoms with Gasteiger partial charge in [0, 0.05) is 26.2 Å². The maximum Gasteiger partial charge on any atom is 0.180 e. The number of nitrogens with one attached hydrogen (secondary N) is 2. The molecule has 2 aromatic rings. The minimum atomic E-state index is -0.352. The Bertz CT molecular complexity index is 726. The highest BCUT2D eigenvalue weighted by molar-refractivity contribution is 6.32. The molecule has 0 saturated carbocycles. The molecule has 28 heavy (non-hydrogen) atoms. The van der Waals surface area contributed by atoms with Crippen molar-refractivity contribution in [3.05, 3.63) is 58.4 Å². The third-order valence-electron chi connectivity index (χ3n) is 3.91. The van der Waals surface area contributed by atoms with Gasteiger partial charge in [0.15, 0.2) is 11.5 Å². The normalized spacial score (nSPS) is 12.0. The summed E-state index contributed by atoms with van der Waals surface area (Å²) in [6.07, 6.45) is -0.352. The van der Waals surface area contributed by atoms with Gasteiger partial charge < -0.3 is 25.2 Å². The molecule has 2 rings (SSSR count). The van der Waals surface area contributed by atoms with E-state index in [1.165, 1.54) is 12.1 Å². The summed E-state index contributed by atoms with van der Waals surface area (Å²) in [6.45, 7) is 7.13. The Morgan fingerprint density at radius 2 is 1.79 bits per heavy atom. The summed E-state index contributed by atoms with van der Waals surface area (Å²) in [7, 11) is 0. The minimum absolute atomic E-state index is 0.270. The van der Waals surface area contributed by atoms with E-state index in [0.29, 0.717) is 36.2 Å². The molecule has 0 spiro atoms. The molecule has 2 aromatic carbocycles. The lowest BCUT2D eigenvalue weighted by atomic mass is 10.2. The van der Waals surface area contributed by atoms with Crippen LogP contribution in [0.5, 0.6) is 11.5 Å². The maximum absolute atomic E-state index is 13.0. The second kappa shape index (κ2) is 11.9. The van der Waals surface area contributed by atoms with E-state index in [1.807, 2.05) is 19.1 Å². The van der Waals surface area contributed by atoms with Crippen molar-refractivity contribution >= 4 is 11.6 Å². The lowest BCUT2D eigenvalue weighted by molar-refractivity contribution is 0.191. The predicted molar refractivity (Wildman–Crippen MR) is 110 cm³/mol. The summed E-state index contributed by atoms with van der Waals surface area (Å²) in [5.41, 5.74) is 1.83. The van der Waals surface area contributed by atoms with E-state index < -0.39 is 0 Å². The predicted octanol–water partition coefficient (Wildman–Crippen LogP) is 3.52. The van der Waals surface area contributed by atoms with Crippen molar-refractivity contribution in [3.63, 3.8) is 0 Å². The zero-order valence-electron chi connectivity index (χ0n) is 16.3. The van der Waals surface area contributed by atoms with Gasteiger partial charge in [-0.2, -0.15) is 0 Å². The number of aliphatic hydroxyl groups is 1. The number of halogens is 2. The van der Waals surface area contributed by atoms with E-state index in [2.05, 4.69) is 10.6 Å². The SMILES string of the molecule is CCOc1cc(CNCCNCC(C)O)cc(Cl)c1OCc1ccc(F)cc1. The van der Waals surface area contributed by atoms with Crippen LogP contribution in [0.2, 0.25) is 5.02 Å². The molecule has 0 fully saturated rings. The molecule has 5 nitrogen and oxygen atoms in total. The minimum Gasteiger partial charge on any atom is -0.490 e. The number of benzene rings is 2. The van der Waals surface area contributed by atoms with Gasteiger partial charge in [0.2, 0.25) is 0 Å². The number of rotatable bonds is 12. The highest BCUT2D eigenvalue weighted by atomic mass is 35.5. The molecule has 0 saturated heterocycles. The van der Waals surface area contributed by atoms with E-state index >= 15 is 0 Å². The molecule has 0 amide bonds. The highest BCUT2D eigenvalue weighted by Gasteiger charge is 2.13. The molecule has 3 N–H and O–H groups in total. The molecular weight excluding hydrogens is 383 g/mol. The van der Waals surface area contributed by atoms with Crippen LogP contribution in [0, 0.1) is 5.82 Å². The van der Waals surface area contributed by atoms with Crippen LogP contribution < -0.4 is 20.1 Å². The monoisotopic (exact) mass is 410 g/mol. The Kier molecular flexibility index (Phi) is 9.50. The van der Waals surface area contributed by atoms with Crippen LogP contribution in [-0.4, -0.2) is 37.5 Å². The molecule has 1 unspecified atom stereocenters. The second-order valence-corrected chi connectivity index (χ2v) is 6.89. The third kappa shape index (κ3) is 7.64. The lowest BCUT2D eigenvalue weighted by Gasteiger charge is -2.16. The van der Waals surface area contributed by atoms with E-state index in [9.17, 15) is 9.50 Å². The van der Waals surface area contributed by atoms with Crippen molar-refractivity contribution in [2.24, 2.45) is 0 Å². The second-order valence-electron chi connectivity index (χ2n) is 6.48. The van der Waals surface area contributed by atoms with Crippen molar-refractivity contribution < 1.29 is 19.0 Å². The smallest absolute Gasteiger partial charge is 0.180 e. The first-order chi connectivity index (χ1) is 13.5. The Labute approximate surface area is 170 Å². The molecular formula is C21H28ClFN2O3. The highest BCUT2D eigenvalue weighted by Crippen LogP contribution is 2.37. The summed E-state index contributed by atoms with van der Waals surface area (Å²) in [5, 5.41) is 16.2. The van der Waals surface area contributed by atoms with Gasteiger partial charge in [0.25, 0.3) is 0 Å². The van der Waals surface area contributed by atoms with E-state index in [1.54, 1.807) is 19.1 Å². The molecule has 0 aliphatic carbocycles. The molecule has 0 aliphatic rings. The molecule has 1 atom stereocenters. The van der Waals surface area contributed by atoms with Gasteiger partial charge in [0.05, 0.1) is 17.7 Å². The first kappa shape index (κ1) is 22.4. The van der Waals surface area contributed by atoms with Gasteiger partial charge in [-0.3, -0.25) is 0 Å². The number of hydrogen-bond acceptors (Lipinski definition) is 5. The molecule has 0 aromatic heterocycles. The summed E-state index contributed by atoms with van der Waals surface area (Å²) >= 11 is 6.43. The Balaban J connectivity index is 1.95. The fourth-order valence-electron chi connectivity index (χ4n) is 2.58. The number of hydrogen-bond donors (Lipinski definition) is 3. The van der Waals surface area contributed by atoms with Crippen LogP contribution in [-0.2, 0) is 13.2 Å². The maximum atomic E-state index is 13.0. The first-order valence-electron chi connectivity index (χ1n) is 9.41. The Hall–Kier alpha value is -1.86. The Morgan fingerprint density at radius 3 is 2.46 bits per heavy atom. The van der Waals surface area contributed by atoms with E-state index in [0.717, 1.165) is 24.2 Å². The van der Waals surface area contributed by atoms with Crippen molar-refractivity contribution in [1.82, 2.24) is 10.6 Å². The molecule has 0 heterocycles. The van der Waals surface area contributed by atoms with E-state index in [4.69, 9.17) is 21.1 Å². The van der Waals surface area contributed by atoms with Crippen molar-refractivity contribution in [2.45, 2.75) is 33.1 Å². The lowest BCUT2D eigenvalue weighted by Crippen LogP contribution is -2.31. The fourth-order valence-corrected chi connectivity index (χ4v) is 2.87. The average molecular weight is 411 g/mol. The quantitative estimate of drug-likeness (QED) is 0.467. The van der Waals surface area contributed by atoms with Crippen molar-refractivity contribution in [1.29, 1.82) is 0 Å². The van der Waals surface area contributed by atoms with Crippen LogP contribution in [0.3, 0.4) is 0 Å². The standard InChI is InChI=1S/C21H28ClFN2O3/c1-3-27-20-11-17(13-25-9-8-24-12-15(2)26)10-19(22)21(20)28-14-16-4-6-18(23)7-5-16/h4-7,10-11,15,24-26H,3,8-9,12-14H2,1-2H3. The van der Waals surface area contributed by atoms with Crippen LogP contribution >= 0.6 is 11.6 Å². The van der Waals surface area contributed by atoms with Gasteiger partial charge in [0.1, 0.15) is 12.4 Å². The van der Waals surface area contributed by atoms with Crippen LogP contribution in [0.25, 0.3) is 0 Å². The van der Waals surface area contributed by atoms with E-state index in [-0.39, 0.29) is 18.5 Å². The summed E-state index contributed by atoms with van der Waals surface area (Å²) in [5.74, 6) is 0.783. The van der Waals surface area contributed by atoms with Gasteiger partial charge in [-0.1, -0.05) is 23.7 Å². The number of aliphatic hydroxyl groups excluding tert-OH is 1. The molecule has 0 aliphatic heterocycles. The van der Waals surface area contributed by atoms with Crippen molar-refractivity contribution in [3.8, 4) is 11.5 Å². The zero-order valence-corrected chi connectivity index (χ0v) is 17.1. The zero-order chi connectivity index (χ0) is 20.4. The third-order valence-corrected chi connectivity index (χ3v) is 4.19. The van der Waals surface area contributed by atoms with Crippen molar-refractivity contribution in [2.75, 3.05) is 26.2 Å². The summed E-state index contributed by atoms with van der Waals surface area (Å²) < 4.78 is 24.6. The van der Waals surface area contributed by atoms with Crippen LogP contribution in [0.4, 0.5) is 4.39 Å². The molecule has 154 valence electrons. The largest absolute Gasteiger partial charge is 0.490 e. The molecule has 0 bridgehead atoms. The Morgan fingerprint density at radius 1 is 1.07 bits per heavy atom. The fraction of sp³-hybridized carbons (Fsp3) is 0.429. The summed E-state index contributed by atoms with van der Waals surface area (Å²) in [4.78, 5) is 0. The molecule has 0 radical (unpaired) electrons. The van der Waals surface area contributed by atoms with Gasteiger partial charge >= 0.3 is 0 Å². The van der Waals surface area contributed by atoms with Gasteiger partial charge in [-0.15, -0.1) is 0 Å². The van der Waals surface area contributed by atoms with Gasteiger partial charge in [-0.05, 0) is 49.2 Å².